The molecule has 6 nitrogen and oxygen atoms in total. The van der Waals surface area contributed by atoms with E-state index in [-0.39, 0.29) is 6.61 Å². The van der Waals surface area contributed by atoms with Gasteiger partial charge in [0.15, 0.2) is 0 Å². The Labute approximate surface area is 140 Å². The van der Waals surface area contributed by atoms with Crippen LogP contribution in [0.2, 0.25) is 0 Å². The molecule has 0 fully saturated rings. The first kappa shape index (κ1) is 16.0. The maximum atomic E-state index is 9.91. The van der Waals surface area contributed by atoms with Gasteiger partial charge < -0.3 is 9.84 Å². The van der Waals surface area contributed by atoms with Gasteiger partial charge in [-0.25, -0.2) is 4.52 Å². The topological polar surface area (TPSA) is 83.4 Å². The number of hydrogen-bond acceptors (Lipinski definition) is 5. The maximum absolute atomic E-state index is 9.91. The zero-order valence-electron chi connectivity index (χ0n) is 13.8. The molecule has 0 amide bonds. The van der Waals surface area contributed by atoms with Crippen molar-refractivity contribution in [1.82, 2.24) is 14.6 Å². The fourth-order valence-corrected chi connectivity index (χ4v) is 2.49. The summed E-state index contributed by atoms with van der Waals surface area (Å²) in [5.41, 5.74) is 2.71. The van der Waals surface area contributed by atoms with Crippen molar-refractivity contribution in [2.24, 2.45) is 0 Å². The highest BCUT2D eigenvalue weighted by atomic mass is 16.5. The molecule has 0 aromatic carbocycles. The minimum atomic E-state index is -0.947. The summed E-state index contributed by atoms with van der Waals surface area (Å²) < 4.78 is 7.50. The van der Waals surface area contributed by atoms with Crippen molar-refractivity contribution in [3.63, 3.8) is 0 Å². The van der Waals surface area contributed by atoms with Gasteiger partial charge in [0.2, 0.25) is 0 Å². The van der Waals surface area contributed by atoms with Crippen LogP contribution < -0.4 is 4.74 Å². The van der Waals surface area contributed by atoms with E-state index in [1.807, 2.05) is 25.1 Å². The van der Waals surface area contributed by atoms with Crippen LogP contribution in [0.5, 0.6) is 5.75 Å². The number of pyridine rings is 2. The summed E-state index contributed by atoms with van der Waals surface area (Å²) in [4.78, 5) is 4.15. The quantitative estimate of drug-likeness (QED) is 0.798. The van der Waals surface area contributed by atoms with Gasteiger partial charge in [0, 0.05) is 23.5 Å². The molecule has 0 unspecified atom stereocenters. The Bertz CT molecular complexity index is 918. The molecule has 0 bridgehead atoms. The smallest absolute Gasteiger partial charge is 0.141 e. The maximum Gasteiger partial charge on any atom is 0.141 e. The number of aryl methyl sites for hydroxylation is 1. The molecule has 6 heteroatoms. The highest BCUT2D eigenvalue weighted by Gasteiger charge is 2.19. The van der Waals surface area contributed by atoms with Crippen molar-refractivity contribution in [3.8, 4) is 22.9 Å². The van der Waals surface area contributed by atoms with Gasteiger partial charge in [0.25, 0.3) is 0 Å². The molecule has 0 spiro atoms. The molecule has 3 aromatic rings. The third-order valence-corrected chi connectivity index (χ3v) is 3.65. The molecule has 3 aromatic heterocycles. The van der Waals surface area contributed by atoms with Gasteiger partial charge in [0.1, 0.15) is 18.4 Å². The molecule has 0 aliphatic rings. The third-order valence-electron chi connectivity index (χ3n) is 3.65. The van der Waals surface area contributed by atoms with E-state index in [9.17, 15) is 10.4 Å². The monoisotopic (exact) mass is 322 g/mol. The largest absolute Gasteiger partial charge is 0.489 e. The summed E-state index contributed by atoms with van der Waals surface area (Å²) in [6.45, 7) is 5.39. The Hall–Kier alpha value is -2.91. The summed E-state index contributed by atoms with van der Waals surface area (Å²) in [5.74, 6) is 0.607. The molecular weight excluding hydrogens is 304 g/mol. The second kappa shape index (κ2) is 5.95. The highest BCUT2D eigenvalue weighted by Crippen LogP contribution is 2.33. The van der Waals surface area contributed by atoms with Crippen LogP contribution in [-0.4, -0.2) is 31.9 Å². The fourth-order valence-electron chi connectivity index (χ4n) is 2.49. The molecule has 24 heavy (non-hydrogen) atoms. The van der Waals surface area contributed by atoms with Crippen molar-refractivity contribution < 1.29 is 9.84 Å². The van der Waals surface area contributed by atoms with Crippen molar-refractivity contribution in [3.05, 3.63) is 48.0 Å². The molecule has 0 atom stereocenters. The summed E-state index contributed by atoms with van der Waals surface area (Å²) in [6, 6.07) is 7.81. The van der Waals surface area contributed by atoms with E-state index in [1.54, 1.807) is 37.0 Å². The number of aromatic nitrogens is 3. The van der Waals surface area contributed by atoms with Crippen molar-refractivity contribution in [2.75, 3.05) is 6.61 Å². The summed E-state index contributed by atoms with van der Waals surface area (Å²) in [6.07, 6.45) is 4.97. The number of rotatable bonds is 4. The lowest BCUT2D eigenvalue weighted by Gasteiger charge is -2.20. The minimum absolute atomic E-state index is 0.151. The molecule has 0 saturated carbocycles. The SMILES string of the molecule is Cc1c(OCC(C)(C)O)cc(-c2cccnc2)c2c(C#N)cnn12. The van der Waals surface area contributed by atoms with Gasteiger partial charge in [-0.2, -0.15) is 10.4 Å². The summed E-state index contributed by atoms with van der Waals surface area (Å²) in [7, 11) is 0. The molecule has 1 N–H and O–H groups in total. The number of nitrogens with zero attached hydrogens (tertiary/aromatic N) is 4. The second-order valence-corrected chi connectivity index (χ2v) is 6.28. The molecule has 0 aliphatic carbocycles. The lowest BCUT2D eigenvalue weighted by molar-refractivity contribution is 0.0281. The summed E-state index contributed by atoms with van der Waals surface area (Å²) in [5, 5.41) is 23.6. The van der Waals surface area contributed by atoms with Crippen LogP contribution in [0.1, 0.15) is 25.1 Å². The van der Waals surface area contributed by atoms with Gasteiger partial charge in [-0.3, -0.25) is 4.98 Å². The second-order valence-electron chi connectivity index (χ2n) is 6.28. The number of ether oxygens (including phenoxy) is 1. The molecule has 0 saturated heterocycles. The number of hydrogen-bond donors (Lipinski definition) is 1. The average molecular weight is 322 g/mol. The van der Waals surface area contributed by atoms with Crippen LogP contribution in [0.3, 0.4) is 0 Å². The van der Waals surface area contributed by atoms with Gasteiger partial charge in [-0.1, -0.05) is 6.07 Å². The summed E-state index contributed by atoms with van der Waals surface area (Å²) >= 11 is 0. The number of aliphatic hydroxyl groups is 1. The van der Waals surface area contributed by atoms with Crippen LogP contribution in [0.25, 0.3) is 16.6 Å². The Balaban J connectivity index is 2.22. The van der Waals surface area contributed by atoms with E-state index in [2.05, 4.69) is 16.2 Å². The predicted octanol–water partition coefficient (Wildman–Crippen LogP) is 2.73. The van der Waals surface area contributed by atoms with E-state index in [0.717, 1.165) is 22.3 Å². The van der Waals surface area contributed by atoms with Crippen LogP contribution in [0.15, 0.2) is 36.8 Å². The van der Waals surface area contributed by atoms with Gasteiger partial charge >= 0.3 is 0 Å². The van der Waals surface area contributed by atoms with Gasteiger partial charge in [-0.05, 0) is 32.9 Å². The van der Waals surface area contributed by atoms with E-state index < -0.39 is 5.60 Å². The van der Waals surface area contributed by atoms with Gasteiger partial charge in [0.05, 0.1) is 28.6 Å². The van der Waals surface area contributed by atoms with E-state index >= 15 is 0 Å². The normalized spacial score (nSPS) is 11.5. The molecule has 122 valence electrons. The zero-order chi connectivity index (χ0) is 17.3. The van der Waals surface area contributed by atoms with Crippen molar-refractivity contribution in [2.45, 2.75) is 26.4 Å². The van der Waals surface area contributed by atoms with Crippen LogP contribution >= 0.6 is 0 Å². The van der Waals surface area contributed by atoms with Crippen LogP contribution in [0.4, 0.5) is 0 Å². The highest BCUT2D eigenvalue weighted by molar-refractivity contribution is 5.85. The van der Waals surface area contributed by atoms with E-state index in [0.29, 0.717) is 11.3 Å². The number of fused-ring (bicyclic) bond motifs is 1. The first-order chi connectivity index (χ1) is 11.4. The molecular formula is C18H18N4O2. The van der Waals surface area contributed by atoms with Crippen LogP contribution in [0, 0.1) is 18.3 Å². The average Bonchev–Trinajstić information content (AvgIpc) is 2.99. The van der Waals surface area contributed by atoms with Crippen molar-refractivity contribution >= 4 is 5.52 Å². The van der Waals surface area contributed by atoms with Crippen LogP contribution in [-0.2, 0) is 0 Å². The Morgan fingerprint density at radius 2 is 2.17 bits per heavy atom. The Kier molecular flexibility index (Phi) is 3.96. The molecule has 3 rings (SSSR count). The van der Waals surface area contributed by atoms with E-state index in [1.165, 1.54) is 0 Å². The third kappa shape index (κ3) is 2.94. The molecule has 0 radical (unpaired) electrons. The van der Waals surface area contributed by atoms with Gasteiger partial charge in [-0.15, -0.1) is 0 Å². The van der Waals surface area contributed by atoms with Crippen molar-refractivity contribution in [1.29, 1.82) is 5.26 Å². The first-order valence-corrected chi connectivity index (χ1v) is 7.58. The van der Waals surface area contributed by atoms with E-state index in [4.69, 9.17) is 4.74 Å². The number of nitriles is 1. The molecule has 3 heterocycles. The Morgan fingerprint density at radius 3 is 2.79 bits per heavy atom. The lowest BCUT2D eigenvalue weighted by atomic mass is 10.0. The fraction of sp³-hybridized carbons (Fsp3) is 0.278. The lowest BCUT2D eigenvalue weighted by Crippen LogP contribution is -2.28. The molecule has 0 aliphatic heterocycles. The predicted molar refractivity (Wildman–Crippen MR) is 89.7 cm³/mol. The Morgan fingerprint density at radius 1 is 1.38 bits per heavy atom. The minimum Gasteiger partial charge on any atom is -0.489 e. The standard InChI is InChI=1S/C18H18N4O2/c1-12-16(24-11-18(2,3)23)7-15(13-5-4-6-20-9-13)17-14(8-19)10-21-22(12)17/h4-7,9-10,23H,11H2,1-3H3. The first-order valence-electron chi connectivity index (χ1n) is 7.58. The zero-order valence-corrected chi connectivity index (χ0v) is 13.8.